The van der Waals surface area contributed by atoms with Crippen molar-refractivity contribution in [1.29, 1.82) is 0 Å². The number of hydrogen-bond acceptors (Lipinski definition) is 1. The van der Waals surface area contributed by atoms with E-state index in [0.717, 1.165) is 21.8 Å². The molecule has 1 N–H and O–H groups in total. The third kappa shape index (κ3) is 1.22. The topological polar surface area (TPSA) is 36.7 Å². The molecule has 0 atom stereocenters. The van der Waals surface area contributed by atoms with E-state index in [1.54, 1.807) is 6.07 Å². The first-order chi connectivity index (χ1) is 7.34. The van der Waals surface area contributed by atoms with E-state index in [-0.39, 0.29) is 0 Å². The summed E-state index contributed by atoms with van der Waals surface area (Å²) in [5.41, 5.74) is 10.0. The lowest BCUT2D eigenvalue weighted by Gasteiger charge is -2.02. The van der Waals surface area contributed by atoms with Crippen molar-refractivity contribution in [1.82, 2.24) is 10.7 Å². The molecule has 0 aliphatic heterocycles. The van der Waals surface area contributed by atoms with E-state index >= 15 is 0 Å². The third-order valence-electron chi connectivity index (χ3n) is 2.49. The molecule has 15 heavy (non-hydrogen) atoms. The summed E-state index contributed by atoms with van der Waals surface area (Å²) in [6.07, 6.45) is 0. The van der Waals surface area contributed by atoms with Crippen LogP contribution in [0.25, 0.3) is 21.8 Å². The molecule has 0 aliphatic carbocycles. The molecule has 0 fully saturated rings. The van der Waals surface area contributed by atoms with Crippen molar-refractivity contribution in [3.63, 3.8) is 0 Å². The highest BCUT2D eigenvalue weighted by Crippen LogP contribution is 2.24. The normalized spacial score (nSPS) is 10.9. The van der Waals surface area contributed by atoms with E-state index in [2.05, 4.69) is 11.1 Å². The number of pyridine rings is 1. The van der Waals surface area contributed by atoms with Gasteiger partial charge in [0.05, 0.1) is 16.7 Å². The summed E-state index contributed by atoms with van der Waals surface area (Å²) in [6, 6.07) is 16.3. The van der Waals surface area contributed by atoms with Gasteiger partial charge >= 0.3 is 0 Å². The van der Waals surface area contributed by atoms with Gasteiger partial charge in [-0.1, -0.05) is 18.2 Å². The molecule has 2 radical (unpaired) electrons. The minimum Gasteiger partial charge on any atom is -0.300 e. The largest absolute Gasteiger partial charge is 0.300 e. The second-order valence-electron chi connectivity index (χ2n) is 3.48. The Kier molecular flexibility index (Phi) is 1.62. The van der Waals surface area contributed by atoms with Gasteiger partial charge in [-0.3, -0.25) is 0 Å². The van der Waals surface area contributed by atoms with Crippen LogP contribution in [0.3, 0.4) is 0 Å². The number of para-hydroxylation sites is 1. The maximum Gasteiger partial charge on any atom is 0.0737 e. The standard InChI is InChI=1S/C13H8N2/c14-11-5-3-7-13-10(11)8-9-4-1-2-6-12(9)15-13/h1-2,4-8,14H. The van der Waals surface area contributed by atoms with Gasteiger partial charge < -0.3 is 5.73 Å². The van der Waals surface area contributed by atoms with Gasteiger partial charge in [0.15, 0.2) is 0 Å². The van der Waals surface area contributed by atoms with Crippen molar-refractivity contribution in [2.24, 2.45) is 0 Å². The van der Waals surface area contributed by atoms with Crippen LogP contribution in [0.5, 0.6) is 0 Å². The SMILES string of the molecule is [NH]c1c[c]cc2nc3ccccc3cc12. The maximum atomic E-state index is 7.77. The lowest BCUT2D eigenvalue weighted by Crippen LogP contribution is -1.83. The molecule has 0 unspecified atom stereocenters. The third-order valence-corrected chi connectivity index (χ3v) is 2.49. The Morgan fingerprint density at radius 3 is 2.87 bits per heavy atom. The fourth-order valence-corrected chi connectivity index (χ4v) is 1.74. The van der Waals surface area contributed by atoms with Crippen molar-refractivity contribution in [3.8, 4) is 0 Å². The summed E-state index contributed by atoms with van der Waals surface area (Å²) < 4.78 is 0. The van der Waals surface area contributed by atoms with Crippen molar-refractivity contribution in [3.05, 3.63) is 48.5 Å². The van der Waals surface area contributed by atoms with Gasteiger partial charge in [0.2, 0.25) is 0 Å². The summed E-state index contributed by atoms with van der Waals surface area (Å²) in [4.78, 5) is 4.49. The molecule has 0 saturated carbocycles. The Balaban J connectivity index is 2.53. The van der Waals surface area contributed by atoms with Crippen molar-refractivity contribution >= 4 is 27.5 Å². The second-order valence-corrected chi connectivity index (χ2v) is 3.48. The molecule has 0 spiro atoms. The number of nitrogens with one attached hydrogen (secondary N) is 1. The zero-order valence-electron chi connectivity index (χ0n) is 7.99. The van der Waals surface area contributed by atoms with Gasteiger partial charge in [-0.05, 0) is 30.3 Å². The molecular formula is C13H8N2. The quantitative estimate of drug-likeness (QED) is 0.504. The maximum absolute atomic E-state index is 7.77. The van der Waals surface area contributed by atoms with Crippen LogP contribution in [0.1, 0.15) is 0 Å². The first kappa shape index (κ1) is 8.24. The Morgan fingerprint density at radius 1 is 1.07 bits per heavy atom. The Hall–Kier alpha value is -2.09. The van der Waals surface area contributed by atoms with E-state index in [1.807, 2.05) is 36.4 Å². The van der Waals surface area contributed by atoms with Gasteiger partial charge in [0, 0.05) is 10.8 Å². The summed E-state index contributed by atoms with van der Waals surface area (Å²) in [5, 5.41) is 1.96. The van der Waals surface area contributed by atoms with E-state index in [9.17, 15) is 0 Å². The monoisotopic (exact) mass is 192 g/mol. The molecule has 0 amide bonds. The molecule has 3 rings (SSSR count). The Morgan fingerprint density at radius 2 is 1.93 bits per heavy atom. The molecule has 3 aromatic rings. The van der Waals surface area contributed by atoms with E-state index in [1.165, 1.54) is 0 Å². The second kappa shape index (κ2) is 2.95. The van der Waals surface area contributed by atoms with Gasteiger partial charge in [-0.2, -0.15) is 0 Å². The number of aromatic nitrogens is 1. The smallest absolute Gasteiger partial charge is 0.0737 e. The molecule has 1 aromatic heterocycles. The van der Waals surface area contributed by atoms with Gasteiger partial charge in [0.1, 0.15) is 0 Å². The van der Waals surface area contributed by atoms with Crippen molar-refractivity contribution < 1.29 is 0 Å². The molecule has 2 nitrogen and oxygen atoms in total. The molecule has 0 aliphatic rings. The fourth-order valence-electron chi connectivity index (χ4n) is 1.74. The molecular weight excluding hydrogens is 184 g/mol. The molecule has 2 aromatic carbocycles. The summed E-state index contributed by atoms with van der Waals surface area (Å²) in [6.45, 7) is 0. The molecule has 0 bridgehead atoms. The Bertz CT molecular complexity index is 644. The molecule has 1 heterocycles. The summed E-state index contributed by atoms with van der Waals surface area (Å²) in [5.74, 6) is 0. The number of nitrogens with zero attached hydrogens (tertiary/aromatic N) is 1. The van der Waals surface area contributed by atoms with Crippen LogP contribution in [0.2, 0.25) is 0 Å². The first-order valence-corrected chi connectivity index (χ1v) is 4.76. The predicted octanol–water partition coefficient (Wildman–Crippen LogP) is 3.10. The number of fused-ring (bicyclic) bond motifs is 2. The van der Waals surface area contributed by atoms with Gasteiger partial charge in [-0.25, -0.2) is 4.98 Å². The van der Waals surface area contributed by atoms with E-state index in [4.69, 9.17) is 5.73 Å². The van der Waals surface area contributed by atoms with E-state index < -0.39 is 0 Å². The summed E-state index contributed by atoms with van der Waals surface area (Å²) >= 11 is 0. The van der Waals surface area contributed by atoms with Gasteiger partial charge in [0.25, 0.3) is 0 Å². The number of hydrogen-bond donors (Lipinski definition) is 0. The highest BCUT2D eigenvalue weighted by molar-refractivity contribution is 5.97. The molecule has 0 saturated heterocycles. The van der Waals surface area contributed by atoms with Crippen LogP contribution in [-0.4, -0.2) is 4.98 Å². The van der Waals surface area contributed by atoms with Crippen LogP contribution in [0, 0.1) is 6.07 Å². The van der Waals surface area contributed by atoms with Crippen LogP contribution in [0.15, 0.2) is 42.5 Å². The van der Waals surface area contributed by atoms with Crippen molar-refractivity contribution in [2.45, 2.75) is 0 Å². The van der Waals surface area contributed by atoms with E-state index in [0.29, 0.717) is 5.69 Å². The van der Waals surface area contributed by atoms with Crippen LogP contribution in [-0.2, 0) is 0 Å². The zero-order chi connectivity index (χ0) is 10.3. The number of rotatable bonds is 0. The summed E-state index contributed by atoms with van der Waals surface area (Å²) in [7, 11) is 0. The first-order valence-electron chi connectivity index (χ1n) is 4.76. The predicted molar refractivity (Wildman–Crippen MR) is 60.8 cm³/mol. The Labute approximate surface area is 87.4 Å². The van der Waals surface area contributed by atoms with Crippen molar-refractivity contribution in [2.75, 3.05) is 0 Å². The minimum absolute atomic E-state index is 0.478. The van der Waals surface area contributed by atoms with Crippen LogP contribution in [0.4, 0.5) is 5.69 Å². The average molecular weight is 192 g/mol. The molecule has 70 valence electrons. The highest BCUT2D eigenvalue weighted by atomic mass is 14.7. The molecule has 2 heteroatoms. The number of benzene rings is 2. The average Bonchev–Trinajstić information content (AvgIpc) is 2.27. The zero-order valence-corrected chi connectivity index (χ0v) is 7.99. The minimum atomic E-state index is 0.478. The van der Waals surface area contributed by atoms with Crippen LogP contribution >= 0.6 is 0 Å². The van der Waals surface area contributed by atoms with Gasteiger partial charge in [-0.15, -0.1) is 0 Å². The lowest BCUT2D eigenvalue weighted by molar-refractivity contribution is 1.46. The highest BCUT2D eigenvalue weighted by Gasteiger charge is 2.01. The fraction of sp³-hybridized carbons (Fsp3) is 0. The lowest BCUT2D eigenvalue weighted by atomic mass is 10.1. The van der Waals surface area contributed by atoms with Crippen LogP contribution < -0.4 is 5.73 Å².